The Morgan fingerprint density at radius 3 is 0.594 bits per heavy atom. The zero-order valence-electron chi connectivity index (χ0n) is 68.9. The number of rotatable bonds is 18. The Hall–Kier alpha value is -14.5. The predicted molar refractivity (Wildman–Crippen MR) is 415 cm³/mol. The van der Waals surface area contributed by atoms with Crippen LogP contribution in [-0.4, -0.2) is 31.0 Å². The van der Waals surface area contributed by atoms with E-state index in [-0.39, 0.29) is 76.0 Å². The third-order valence-electron chi connectivity index (χ3n) is 19.4. The third-order valence-corrected chi connectivity index (χ3v) is 21.0. The number of halogens is 34. The SMILES string of the molecule is C#Cc1cccc(O)c1.C#Cc1cccc(Oc2c(F)c(F)c(-c3c(F)c(F)c(Oc4cc5ccc(S(=O)(=O)[O-])cc5cc4Oc4c(F)c(F)c(-c5c(F)c(F)c(Oc6cccc(C#C)c6)c(F)c5F)c(F)c4F)c(F)c3F)c(F)c2F)c1.O=S(=O)([O-])c1ccc2cc(Oc3c(F)c(F)c(-c4c(F)c(F)c(F)c(F)c4F)c(F)c3F)c(Oc3c(F)c(F)c(-c4c(F)c(F)c(F)c(F)c4F)c(F)c3F)cc2c1.[Na+].[Na+]. The van der Waals surface area contributed by atoms with E-state index in [2.05, 4.69) is 17.8 Å². The molecule has 0 radical (unpaired) electrons. The molecule has 0 aromatic heterocycles. The summed E-state index contributed by atoms with van der Waals surface area (Å²) in [6.45, 7) is 0. The topological polar surface area (TPSA) is 190 Å². The minimum Gasteiger partial charge on any atom is -0.744 e. The van der Waals surface area contributed by atoms with E-state index >= 15 is 105 Å². The van der Waals surface area contributed by atoms with E-state index in [1.54, 1.807) is 24.3 Å². The van der Waals surface area contributed by atoms with Crippen molar-refractivity contribution in [2.75, 3.05) is 0 Å². The first-order valence-electron chi connectivity index (χ1n) is 36.9. The second-order valence-corrected chi connectivity index (χ2v) is 30.6. The van der Waals surface area contributed by atoms with Crippen molar-refractivity contribution in [2.45, 2.75) is 9.79 Å². The second-order valence-electron chi connectivity index (χ2n) is 27.8. The summed E-state index contributed by atoms with van der Waals surface area (Å²) in [7, 11) is -10.7. The molecule has 0 fully saturated rings. The van der Waals surface area contributed by atoms with Crippen molar-refractivity contribution in [1.29, 1.82) is 0 Å². The number of hydrogen-bond donors (Lipinski definition) is 1. The monoisotopic (exact) mass is 2090 g/mol. The van der Waals surface area contributed by atoms with Gasteiger partial charge in [0.05, 0.1) is 54.3 Å². The van der Waals surface area contributed by atoms with Crippen LogP contribution in [0.3, 0.4) is 0 Å². The normalized spacial score (nSPS) is 11.2. The minimum absolute atomic E-state index is 0. The first kappa shape index (κ1) is 109. The van der Waals surface area contributed by atoms with Gasteiger partial charge < -0.3 is 42.6 Å². The van der Waals surface area contributed by atoms with Crippen LogP contribution in [-0.2, 0) is 20.2 Å². The van der Waals surface area contributed by atoms with Crippen LogP contribution in [0.4, 0.5) is 149 Å². The minimum atomic E-state index is -5.36. The number of phenols is 1. The van der Waals surface area contributed by atoms with E-state index in [0.29, 0.717) is 60.2 Å². The van der Waals surface area contributed by atoms with Crippen LogP contribution in [0, 0.1) is 235 Å². The fraction of sp³-hybridized carbons (Fsp3) is 0. The molecule has 15 aromatic rings. The molecule has 143 heavy (non-hydrogen) atoms. The molecule has 0 unspecified atom stereocenters. The molecule has 51 heteroatoms. The van der Waals surface area contributed by atoms with E-state index in [9.17, 15) is 69.8 Å². The average molecular weight is 2100 g/mol. The number of benzene rings is 15. The van der Waals surface area contributed by atoms with Gasteiger partial charge in [0.15, 0.2) is 139 Å². The number of ether oxygens (including phenoxy) is 6. The van der Waals surface area contributed by atoms with Crippen molar-refractivity contribution in [1.82, 2.24) is 0 Å². The summed E-state index contributed by atoms with van der Waals surface area (Å²) in [5, 5.41) is 6.77. The number of aromatic hydroxyl groups is 1. The summed E-state index contributed by atoms with van der Waals surface area (Å²) in [6.07, 6.45) is 15.5. The predicted octanol–water partition coefficient (Wildman–Crippen LogP) is 21.0. The largest absolute Gasteiger partial charge is 1.00 e. The molecule has 0 spiro atoms. The maximum Gasteiger partial charge on any atom is 1.00 e. The molecule has 0 atom stereocenters. The molecule has 0 aliphatic heterocycles. The van der Waals surface area contributed by atoms with Crippen molar-refractivity contribution in [3.05, 3.63) is 348 Å². The molecule has 0 aliphatic carbocycles. The Labute approximate surface area is 818 Å². The van der Waals surface area contributed by atoms with Gasteiger partial charge >= 0.3 is 59.1 Å². The summed E-state index contributed by atoms with van der Waals surface area (Å²) in [4.78, 5) is -2.14. The van der Waals surface area contributed by atoms with Gasteiger partial charge in [-0.15, -0.1) is 19.3 Å². The van der Waals surface area contributed by atoms with Gasteiger partial charge in [-0.05, 0) is 125 Å². The van der Waals surface area contributed by atoms with Gasteiger partial charge in [-0.25, -0.2) is 113 Å². The van der Waals surface area contributed by atoms with Crippen LogP contribution in [0.5, 0.6) is 74.7 Å². The van der Waals surface area contributed by atoms with Crippen LogP contribution < -0.4 is 87.5 Å². The molecule has 0 saturated carbocycles. The molecule has 0 bridgehead atoms. The summed E-state index contributed by atoms with van der Waals surface area (Å²) in [5.41, 5.74) is -19.1. The summed E-state index contributed by atoms with van der Waals surface area (Å²) in [6, 6.07) is 20.5. The van der Waals surface area contributed by atoms with E-state index in [0.717, 1.165) is 30.3 Å². The zero-order valence-corrected chi connectivity index (χ0v) is 74.6. The van der Waals surface area contributed by atoms with Crippen molar-refractivity contribution in [2.24, 2.45) is 0 Å². The van der Waals surface area contributed by atoms with E-state index in [1.165, 1.54) is 24.3 Å². The Kier molecular flexibility index (Phi) is 32.0. The molecular formula is C92H26F34Na2O13S2. The summed E-state index contributed by atoms with van der Waals surface area (Å²) < 4.78 is 611. The molecule has 724 valence electrons. The fourth-order valence-corrected chi connectivity index (χ4v) is 13.9. The molecule has 15 rings (SSSR count). The Bertz CT molecular complexity index is 8100. The van der Waals surface area contributed by atoms with E-state index in [1.807, 2.05) is 0 Å². The van der Waals surface area contributed by atoms with Crippen molar-refractivity contribution in [3.8, 4) is 156 Å². The quantitative estimate of drug-likeness (QED) is 0.0213. The number of fused-ring (bicyclic) bond motifs is 2. The Balaban J connectivity index is 0.000000253. The zero-order chi connectivity index (χ0) is 104. The van der Waals surface area contributed by atoms with Gasteiger partial charge in [0.2, 0.25) is 116 Å². The van der Waals surface area contributed by atoms with Crippen molar-refractivity contribution >= 4 is 41.8 Å². The van der Waals surface area contributed by atoms with Gasteiger partial charge in [0, 0.05) is 16.7 Å². The maximum absolute atomic E-state index is 15.9. The van der Waals surface area contributed by atoms with E-state index < -0.39 is 363 Å². The Morgan fingerprint density at radius 1 is 0.217 bits per heavy atom. The van der Waals surface area contributed by atoms with Gasteiger partial charge in [-0.3, -0.25) is 0 Å². The maximum atomic E-state index is 15.9. The molecular weight excluding hydrogens is 2070 g/mol. The first-order chi connectivity index (χ1) is 66.1. The van der Waals surface area contributed by atoms with Gasteiger partial charge in [0.25, 0.3) is 0 Å². The van der Waals surface area contributed by atoms with Crippen LogP contribution >= 0.6 is 0 Å². The number of hydrogen-bond acceptors (Lipinski definition) is 13. The summed E-state index contributed by atoms with van der Waals surface area (Å²) in [5.74, 6) is -109. The third kappa shape index (κ3) is 20.2. The fourth-order valence-electron chi connectivity index (χ4n) is 12.8. The molecule has 0 amide bonds. The molecule has 15 aromatic carbocycles. The van der Waals surface area contributed by atoms with E-state index in [4.69, 9.17) is 52.8 Å². The molecule has 0 saturated heterocycles. The summed E-state index contributed by atoms with van der Waals surface area (Å²) >= 11 is 0. The van der Waals surface area contributed by atoms with Crippen LogP contribution in [0.2, 0.25) is 0 Å². The van der Waals surface area contributed by atoms with Crippen molar-refractivity contribution < 1.29 is 268 Å². The molecule has 1 N–H and O–H groups in total. The molecule has 0 aliphatic rings. The Morgan fingerprint density at radius 2 is 0.399 bits per heavy atom. The average Bonchev–Trinajstić information content (AvgIpc) is 0.724. The van der Waals surface area contributed by atoms with Gasteiger partial charge in [-0.1, -0.05) is 48.1 Å². The number of phenolic OH excluding ortho intramolecular Hbond substituents is 1. The first-order valence-corrected chi connectivity index (χ1v) is 39.7. The smallest absolute Gasteiger partial charge is 0.744 e. The van der Waals surface area contributed by atoms with Gasteiger partial charge in [0.1, 0.15) is 37.5 Å². The number of terminal acetylenes is 3. The standard InChI is InChI=1S/C50H16F16O7S.C34H6F18O5S.C8H6O.2Na/c1-3-18-7-5-9-22(13-18)70-47-39(59)31(51)27(32(52)40(47)60)29-35(55)43(63)49(44(64)36(29)56)72-25-16-20-11-12-24(74(67,68)69)15-21(20)17-26(25)73-50-45(65)37(57)30(38(58)46(50)66)28-33(53)41(61)48(42(62)34(28)54)71-23-10-6-8-19(4-2)14-23;35-15-11(16(36)24(44)27(47)23(15)43)13-19(39)29(49)33(30(50)20(13)40)56-9-4-6-1-2-8(58(53,54)55)3-7(6)5-10(9)57-34-31(51)21(41)14(22(42)32(34)52)12-17(37)25(45)28(48)26(46)18(12)38;1-2-7-4-3-5-8(9)6-7;;/h1-2,5-17H,(H,67,68,69);1-5H,(H,53,54,55);1,3-6,9H;;/q;;;2*+1/p-2. The van der Waals surface area contributed by atoms with Crippen LogP contribution in [0.15, 0.2) is 143 Å². The molecule has 13 nitrogen and oxygen atoms in total. The second kappa shape index (κ2) is 42.0. The molecule has 0 heterocycles. The van der Waals surface area contributed by atoms with Crippen molar-refractivity contribution in [3.63, 3.8) is 0 Å². The van der Waals surface area contributed by atoms with Crippen LogP contribution in [0.1, 0.15) is 16.7 Å². The van der Waals surface area contributed by atoms with Gasteiger partial charge in [-0.2, -0.15) is 52.7 Å². The van der Waals surface area contributed by atoms with Crippen LogP contribution in [0.25, 0.3) is 66.1 Å².